The molecule has 1 fully saturated rings. The van der Waals surface area contributed by atoms with Crippen LogP contribution in [0.5, 0.6) is 0 Å². The van der Waals surface area contributed by atoms with Gasteiger partial charge in [0.05, 0.1) is 0 Å². The zero-order valence-electron chi connectivity index (χ0n) is 13.1. The zero-order valence-corrected chi connectivity index (χ0v) is 15.5. The van der Waals surface area contributed by atoms with Crippen molar-refractivity contribution in [3.8, 4) is 0 Å². The number of thiocarbonyl (C=S) groups is 1. The second-order valence-corrected chi connectivity index (χ2v) is 8.34. The topological polar surface area (TPSA) is 24.1 Å². The van der Waals surface area contributed by atoms with E-state index in [0.717, 1.165) is 21.2 Å². The lowest BCUT2D eigenvalue weighted by Crippen LogP contribution is -2.41. The summed E-state index contributed by atoms with van der Waals surface area (Å²) in [6.45, 7) is 7.06. The molecule has 0 spiro atoms. The third kappa shape index (κ3) is 5.26. The highest BCUT2D eigenvalue weighted by atomic mass is 79.9. The van der Waals surface area contributed by atoms with Gasteiger partial charge in [-0.2, -0.15) is 0 Å². The minimum Gasteiger partial charge on any atom is -0.360 e. The van der Waals surface area contributed by atoms with E-state index in [1.54, 1.807) is 0 Å². The lowest BCUT2D eigenvalue weighted by molar-refractivity contribution is 0.166. The highest BCUT2D eigenvalue weighted by molar-refractivity contribution is 9.10. The minimum atomic E-state index is 0.432. The van der Waals surface area contributed by atoms with Gasteiger partial charge in [-0.05, 0) is 73.5 Å². The second kappa shape index (κ2) is 7.10. The maximum atomic E-state index is 5.42. The SMILES string of the molecule is CC(C)(C)C1CCC(NC(=S)Nc2ccc(Br)cc2)CC1. The van der Waals surface area contributed by atoms with Crippen molar-refractivity contribution in [3.63, 3.8) is 0 Å². The van der Waals surface area contributed by atoms with E-state index in [-0.39, 0.29) is 0 Å². The molecule has 0 atom stereocenters. The van der Waals surface area contributed by atoms with Gasteiger partial charge in [-0.25, -0.2) is 0 Å². The van der Waals surface area contributed by atoms with Crippen molar-refractivity contribution < 1.29 is 0 Å². The van der Waals surface area contributed by atoms with Crippen molar-refractivity contribution in [2.45, 2.75) is 52.5 Å². The van der Waals surface area contributed by atoms with Gasteiger partial charge in [0.25, 0.3) is 0 Å². The lowest BCUT2D eigenvalue weighted by atomic mass is 9.71. The monoisotopic (exact) mass is 368 g/mol. The Hall–Kier alpha value is -0.610. The first-order valence-electron chi connectivity index (χ1n) is 7.67. The van der Waals surface area contributed by atoms with Gasteiger partial charge in [0.1, 0.15) is 0 Å². The first-order chi connectivity index (χ1) is 9.84. The summed E-state index contributed by atoms with van der Waals surface area (Å²) in [5, 5.41) is 7.45. The van der Waals surface area contributed by atoms with Crippen molar-refractivity contribution >= 4 is 38.9 Å². The van der Waals surface area contributed by atoms with Crippen LogP contribution in [0.15, 0.2) is 28.7 Å². The van der Waals surface area contributed by atoms with Crippen LogP contribution in [0.3, 0.4) is 0 Å². The van der Waals surface area contributed by atoms with Crippen molar-refractivity contribution in [1.29, 1.82) is 0 Å². The van der Waals surface area contributed by atoms with Gasteiger partial charge in [0, 0.05) is 16.2 Å². The van der Waals surface area contributed by atoms with Crippen LogP contribution < -0.4 is 10.6 Å². The summed E-state index contributed by atoms with van der Waals surface area (Å²) in [7, 11) is 0. The first-order valence-corrected chi connectivity index (χ1v) is 8.88. The summed E-state index contributed by atoms with van der Waals surface area (Å²) in [6, 6.07) is 8.58. The van der Waals surface area contributed by atoms with E-state index in [4.69, 9.17) is 12.2 Å². The summed E-state index contributed by atoms with van der Waals surface area (Å²) >= 11 is 8.86. The smallest absolute Gasteiger partial charge is 0.170 e. The van der Waals surface area contributed by atoms with E-state index in [1.807, 2.05) is 24.3 Å². The van der Waals surface area contributed by atoms with Crippen LogP contribution in [-0.2, 0) is 0 Å². The molecule has 0 aliphatic heterocycles. The minimum absolute atomic E-state index is 0.432. The van der Waals surface area contributed by atoms with Gasteiger partial charge >= 0.3 is 0 Å². The summed E-state index contributed by atoms with van der Waals surface area (Å²) < 4.78 is 1.08. The van der Waals surface area contributed by atoms with Gasteiger partial charge in [-0.1, -0.05) is 36.7 Å². The molecule has 2 rings (SSSR count). The van der Waals surface area contributed by atoms with Crippen LogP contribution in [0.2, 0.25) is 0 Å². The summed E-state index contributed by atoms with van der Waals surface area (Å²) in [6.07, 6.45) is 5.01. The highest BCUT2D eigenvalue weighted by Crippen LogP contribution is 2.37. The summed E-state index contributed by atoms with van der Waals surface area (Å²) in [4.78, 5) is 0. The van der Waals surface area contributed by atoms with Crippen LogP contribution in [0.4, 0.5) is 5.69 Å². The molecule has 116 valence electrons. The van der Waals surface area contributed by atoms with E-state index >= 15 is 0 Å². The molecule has 0 heterocycles. The van der Waals surface area contributed by atoms with Crippen LogP contribution in [0, 0.1) is 11.3 Å². The van der Waals surface area contributed by atoms with Gasteiger partial charge in [-0.15, -0.1) is 0 Å². The predicted molar refractivity (Wildman–Crippen MR) is 98.7 cm³/mol. The molecule has 0 saturated heterocycles. The Bertz CT molecular complexity index is 471. The average Bonchev–Trinajstić information content (AvgIpc) is 2.41. The number of halogens is 1. The van der Waals surface area contributed by atoms with Crippen molar-refractivity contribution in [2.75, 3.05) is 5.32 Å². The highest BCUT2D eigenvalue weighted by Gasteiger charge is 2.29. The van der Waals surface area contributed by atoms with Crippen LogP contribution in [-0.4, -0.2) is 11.2 Å². The van der Waals surface area contributed by atoms with Crippen LogP contribution >= 0.6 is 28.1 Å². The molecule has 1 aromatic carbocycles. The molecule has 1 aliphatic carbocycles. The number of rotatable bonds is 2. The number of hydrogen-bond donors (Lipinski definition) is 2. The summed E-state index contributed by atoms with van der Waals surface area (Å²) in [5.41, 5.74) is 1.46. The average molecular weight is 369 g/mol. The third-order valence-electron chi connectivity index (χ3n) is 4.39. The van der Waals surface area contributed by atoms with Crippen LogP contribution in [0.1, 0.15) is 46.5 Å². The Morgan fingerprint density at radius 1 is 1.10 bits per heavy atom. The van der Waals surface area contributed by atoms with E-state index in [9.17, 15) is 0 Å². The number of benzene rings is 1. The number of hydrogen-bond acceptors (Lipinski definition) is 1. The van der Waals surface area contributed by atoms with Gasteiger partial charge in [0.15, 0.2) is 5.11 Å². The van der Waals surface area contributed by atoms with Crippen molar-refractivity contribution in [2.24, 2.45) is 11.3 Å². The zero-order chi connectivity index (χ0) is 15.5. The molecule has 1 aromatic rings. The number of anilines is 1. The Morgan fingerprint density at radius 3 is 2.19 bits per heavy atom. The van der Waals surface area contributed by atoms with Gasteiger partial charge in [0.2, 0.25) is 0 Å². The molecule has 0 radical (unpaired) electrons. The molecular weight excluding hydrogens is 344 g/mol. The summed E-state index contributed by atoms with van der Waals surface area (Å²) in [5.74, 6) is 0.837. The molecule has 1 saturated carbocycles. The Balaban J connectivity index is 1.78. The van der Waals surface area contributed by atoms with Crippen molar-refractivity contribution in [1.82, 2.24) is 5.32 Å². The molecular formula is C17H25BrN2S. The molecule has 21 heavy (non-hydrogen) atoms. The largest absolute Gasteiger partial charge is 0.360 e. The Morgan fingerprint density at radius 2 is 1.67 bits per heavy atom. The Labute approximate surface area is 142 Å². The normalized spacial score (nSPS) is 22.7. The molecule has 2 nitrogen and oxygen atoms in total. The molecule has 4 heteroatoms. The van der Waals surface area contributed by atoms with Crippen molar-refractivity contribution in [3.05, 3.63) is 28.7 Å². The molecule has 0 amide bonds. The van der Waals surface area contributed by atoms with E-state index in [0.29, 0.717) is 11.5 Å². The fourth-order valence-electron chi connectivity index (χ4n) is 2.99. The van der Waals surface area contributed by atoms with Crippen LogP contribution in [0.25, 0.3) is 0 Å². The third-order valence-corrected chi connectivity index (χ3v) is 5.14. The Kier molecular flexibility index (Phi) is 5.67. The fourth-order valence-corrected chi connectivity index (χ4v) is 3.54. The predicted octanol–water partition coefficient (Wildman–Crippen LogP) is 5.34. The van der Waals surface area contributed by atoms with E-state index in [1.165, 1.54) is 25.7 Å². The standard InChI is InChI=1S/C17H25BrN2S/c1-17(2,3)12-4-8-14(9-5-12)19-16(21)20-15-10-6-13(18)7-11-15/h6-7,10-12,14H,4-5,8-9H2,1-3H3,(H2,19,20,21). The maximum absolute atomic E-state index is 5.42. The second-order valence-electron chi connectivity index (χ2n) is 7.02. The van der Waals surface area contributed by atoms with E-state index in [2.05, 4.69) is 47.3 Å². The quantitative estimate of drug-likeness (QED) is 0.688. The molecule has 0 aromatic heterocycles. The number of nitrogens with one attached hydrogen (secondary N) is 2. The molecule has 2 N–H and O–H groups in total. The van der Waals surface area contributed by atoms with Gasteiger partial charge in [-0.3, -0.25) is 0 Å². The molecule has 0 bridgehead atoms. The maximum Gasteiger partial charge on any atom is 0.170 e. The lowest BCUT2D eigenvalue weighted by Gasteiger charge is -2.37. The fraction of sp³-hybridized carbons (Fsp3) is 0.588. The molecule has 1 aliphatic rings. The first kappa shape index (κ1) is 16.8. The van der Waals surface area contributed by atoms with Gasteiger partial charge < -0.3 is 10.6 Å². The van der Waals surface area contributed by atoms with E-state index < -0.39 is 0 Å². The molecule has 0 unspecified atom stereocenters.